The van der Waals surface area contributed by atoms with Crippen molar-refractivity contribution in [3.05, 3.63) is 34.0 Å². The van der Waals surface area contributed by atoms with E-state index in [-0.39, 0.29) is 12.2 Å². The van der Waals surface area contributed by atoms with Gasteiger partial charge in [-0.25, -0.2) is 4.39 Å². The molecular formula is C15H21BClFN2O2. The Hall–Kier alpha value is -1.08. The molecule has 7 heteroatoms. The van der Waals surface area contributed by atoms with E-state index in [9.17, 15) is 4.39 Å². The summed E-state index contributed by atoms with van der Waals surface area (Å²) in [6.45, 7) is 8.03. The molecule has 0 bridgehead atoms. The van der Waals surface area contributed by atoms with Crippen LogP contribution in [0.3, 0.4) is 0 Å². The molecule has 1 heterocycles. The van der Waals surface area contributed by atoms with Gasteiger partial charge >= 0.3 is 7.12 Å². The second-order valence-corrected chi connectivity index (χ2v) is 6.81. The molecule has 120 valence electrons. The standard InChI is InChI=1S/C15H21BClFN2O2/c1-14(2)15(3,4)22-16(21-14)10(8-19)5-9-6-12(18)13(20)7-11(9)17/h5-7H,8,19-20H2,1-4H3. The number of rotatable bonds is 3. The van der Waals surface area contributed by atoms with Crippen LogP contribution in [0.2, 0.25) is 5.02 Å². The van der Waals surface area contributed by atoms with Crippen molar-refractivity contribution in [3.8, 4) is 0 Å². The molecule has 1 aromatic carbocycles. The van der Waals surface area contributed by atoms with Crippen molar-refractivity contribution in [2.24, 2.45) is 5.73 Å². The van der Waals surface area contributed by atoms with E-state index in [2.05, 4.69) is 0 Å². The summed E-state index contributed by atoms with van der Waals surface area (Å²) in [7, 11) is -0.591. The van der Waals surface area contributed by atoms with Gasteiger partial charge in [-0.15, -0.1) is 0 Å². The molecule has 0 aliphatic carbocycles. The largest absolute Gasteiger partial charge is 0.491 e. The van der Waals surface area contributed by atoms with Crippen LogP contribution >= 0.6 is 11.6 Å². The Bertz CT molecular complexity index is 604. The first kappa shape index (κ1) is 17.3. The number of anilines is 1. The topological polar surface area (TPSA) is 70.5 Å². The van der Waals surface area contributed by atoms with Crippen molar-refractivity contribution in [2.75, 3.05) is 12.3 Å². The lowest BCUT2D eigenvalue weighted by Gasteiger charge is -2.32. The number of hydrogen-bond acceptors (Lipinski definition) is 4. The fourth-order valence-corrected chi connectivity index (χ4v) is 2.33. The van der Waals surface area contributed by atoms with Crippen LogP contribution in [0, 0.1) is 5.82 Å². The van der Waals surface area contributed by atoms with E-state index < -0.39 is 24.1 Å². The van der Waals surface area contributed by atoms with E-state index in [4.69, 9.17) is 32.4 Å². The molecule has 2 rings (SSSR count). The lowest BCUT2D eigenvalue weighted by atomic mass is 9.77. The summed E-state index contributed by atoms with van der Waals surface area (Å²) in [6.07, 6.45) is 1.69. The highest BCUT2D eigenvalue weighted by molar-refractivity contribution is 6.56. The Morgan fingerprint density at radius 2 is 1.82 bits per heavy atom. The molecule has 4 nitrogen and oxygen atoms in total. The Balaban J connectivity index is 2.36. The second-order valence-electron chi connectivity index (χ2n) is 6.41. The van der Waals surface area contributed by atoms with Gasteiger partial charge in [0, 0.05) is 6.54 Å². The van der Waals surface area contributed by atoms with Gasteiger partial charge in [0.05, 0.1) is 21.9 Å². The monoisotopic (exact) mass is 326 g/mol. The van der Waals surface area contributed by atoms with Crippen LogP contribution in [0.4, 0.5) is 10.1 Å². The lowest BCUT2D eigenvalue weighted by molar-refractivity contribution is 0.00578. The summed E-state index contributed by atoms with van der Waals surface area (Å²) in [6, 6.07) is 2.65. The number of nitrogen functional groups attached to an aromatic ring is 1. The Morgan fingerprint density at radius 3 is 2.32 bits per heavy atom. The van der Waals surface area contributed by atoms with Crippen LogP contribution in [0.25, 0.3) is 6.08 Å². The Labute approximate surface area is 135 Å². The second kappa shape index (κ2) is 5.85. The predicted octanol–water partition coefficient (Wildman–Crippen LogP) is 3.03. The quantitative estimate of drug-likeness (QED) is 0.661. The number of halogens is 2. The summed E-state index contributed by atoms with van der Waals surface area (Å²) in [5, 5.41) is 0.348. The summed E-state index contributed by atoms with van der Waals surface area (Å²) < 4.78 is 25.5. The van der Waals surface area contributed by atoms with Crippen LogP contribution in [0.1, 0.15) is 33.3 Å². The molecule has 1 aliphatic heterocycles. The molecule has 22 heavy (non-hydrogen) atoms. The summed E-state index contributed by atoms with van der Waals surface area (Å²) in [4.78, 5) is 0. The number of benzene rings is 1. The summed E-state index contributed by atoms with van der Waals surface area (Å²) >= 11 is 6.11. The predicted molar refractivity (Wildman–Crippen MR) is 88.9 cm³/mol. The van der Waals surface area contributed by atoms with Gasteiger partial charge in [-0.1, -0.05) is 17.7 Å². The molecule has 1 saturated heterocycles. The Kier molecular flexibility index (Phi) is 4.60. The maximum Gasteiger partial charge on any atom is 0.491 e. The molecule has 1 fully saturated rings. The van der Waals surface area contributed by atoms with E-state index >= 15 is 0 Å². The van der Waals surface area contributed by atoms with Crippen molar-refractivity contribution in [3.63, 3.8) is 0 Å². The van der Waals surface area contributed by atoms with E-state index in [1.165, 1.54) is 12.1 Å². The van der Waals surface area contributed by atoms with E-state index in [0.29, 0.717) is 16.1 Å². The third-order valence-electron chi connectivity index (χ3n) is 4.25. The van der Waals surface area contributed by atoms with Gasteiger partial charge in [-0.05, 0) is 50.9 Å². The first-order valence-electron chi connectivity index (χ1n) is 7.08. The molecule has 0 amide bonds. The molecule has 0 atom stereocenters. The highest BCUT2D eigenvalue weighted by Crippen LogP contribution is 2.39. The zero-order chi connectivity index (χ0) is 16.7. The van der Waals surface area contributed by atoms with Crippen molar-refractivity contribution in [2.45, 2.75) is 38.9 Å². The minimum Gasteiger partial charge on any atom is -0.400 e. The third kappa shape index (κ3) is 3.15. The normalized spacial score (nSPS) is 20.5. The first-order valence-corrected chi connectivity index (χ1v) is 7.46. The highest BCUT2D eigenvalue weighted by atomic mass is 35.5. The van der Waals surface area contributed by atoms with Gasteiger partial charge in [0.2, 0.25) is 0 Å². The zero-order valence-corrected chi connectivity index (χ0v) is 14.0. The van der Waals surface area contributed by atoms with Crippen molar-refractivity contribution in [1.82, 2.24) is 0 Å². The number of nitrogens with two attached hydrogens (primary N) is 2. The average molecular weight is 327 g/mol. The average Bonchev–Trinajstić information content (AvgIpc) is 2.61. The smallest absolute Gasteiger partial charge is 0.400 e. The summed E-state index contributed by atoms with van der Waals surface area (Å²) in [5.41, 5.74) is 11.5. The Morgan fingerprint density at radius 1 is 1.27 bits per heavy atom. The molecule has 0 unspecified atom stereocenters. The number of hydrogen-bond donors (Lipinski definition) is 2. The SMILES string of the molecule is CC1(C)OB(C(=Cc2cc(F)c(N)cc2Cl)CN)OC1(C)C. The van der Waals surface area contributed by atoms with Crippen LogP contribution < -0.4 is 11.5 Å². The maximum atomic E-state index is 13.6. The highest BCUT2D eigenvalue weighted by Gasteiger charge is 2.52. The lowest BCUT2D eigenvalue weighted by Crippen LogP contribution is -2.41. The summed E-state index contributed by atoms with van der Waals surface area (Å²) in [5.74, 6) is -0.527. The van der Waals surface area contributed by atoms with E-state index in [0.717, 1.165) is 0 Å². The van der Waals surface area contributed by atoms with Gasteiger partial charge < -0.3 is 20.8 Å². The van der Waals surface area contributed by atoms with Crippen LogP contribution in [0.5, 0.6) is 0 Å². The molecule has 1 aromatic rings. The van der Waals surface area contributed by atoms with Gasteiger partial charge in [0.25, 0.3) is 0 Å². The van der Waals surface area contributed by atoms with Crippen molar-refractivity contribution < 1.29 is 13.7 Å². The van der Waals surface area contributed by atoms with Gasteiger partial charge in [-0.2, -0.15) is 0 Å². The van der Waals surface area contributed by atoms with Crippen molar-refractivity contribution in [1.29, 1.82) is 0 Å². The fraction of sp³-hybridized carbons (Fsp3) is 0.467. The fourth-order valence-electron chi connectivity index (χ4n) is 2.11. The van der Waals surface area contributed by atoms with Gasteiger partial charge in [-0.3, -0.25) is 0 Å². The van der Waals surface area contributed by atoms with Crippen LogP contribution in [-0.2, 0) is 9.31 Å². The molecular weight excluding hydrogens is 305 g/mol. The molecule has 0 aromatic heterocycles. The third-order valence-corrected chi connectivity index (χ3v) is 4.58. The van der Waals surface area contributed by atoms with E-state index in [1.807, 2.05) is 27.7 Å². The molecule has 4 N–H and O–H groups in total. The van der Waals surface area contributed by atoms with Gasteiger partial charge in [0.15, 0.2) is 0 Å². The molecule has 0 radical (unpaired) electrons. The molecule has 0 spiro atoms. The zero-order valence-electron chi connectivity index (χ0n) is 13.2. The molecule has 1 aliphatic rings. The van der Waals surface area contributed by atoms with Crippen LogP contribution in [-0.4, -0.2) is 24.9 Å². The van der Waals surface area contributed by atoms with Crippen LogP contribution in [0.15, 0.2) is 17.6 Å². The minimum atomic E-state index is -0.591. The maximum absolute atomic E-state index is 13.6. The van der Waals surface area contributed by atoms with Gasteiger partial charge in [0.1, 0.15) is 5.82 Å². The van der Waals surface area contributed by atoms with Crippen molar-refractivity contribution >= 4 is 30.5 Å². The molecule has 0 saturated carbocycles. The first-order chi connectivity index (χ1) is 10.1. The van der Waals surface area contributed by atoms with E-state index in [1.54, 1.807) is 6.08 Å². The minimum absolute atomic E-state index is 0.00656.